The molecule has 1 amide bonds. The summed E-state index contributed by atoms with van der Waals surface area (Å²) < 4.78 is 0.765. The van der Waals surface area contributed by atoms with Crippen LogP contribution in [0.1, 0.15) is 42.9 Å². The molecule has 0 saturated carbocycles. The number of hydrogen-bond acceptors (Lipinski definition) is 6. The topological polar surface area (TPSA) is 66.9 Å². The maximum absolute atomic E-state index is 12.4. The first kappa shape index (κ1) is 21.3. The molecule has 0 bridgehead atoms. The number of benzene rings is 2. The molecule has 1 atom stereocenters. The third-order valence-corrected chi connectivity index (χ3v) is 6.84. The van der Waals surface area contributed by atoms with E-state index in [-0.39, 0.29) is 5.91 Å². The van der Waals surface area contributed by atoms with Gasteiger partial charge in [0.25, 0.3) is 0 Å². The van der Waals surface area contributed by atoms with Crippen molar-refractivity contribution in [3.63, 3.8) is 0 Å². The summed E-state index contributed by atoms with van der Waals surface area (Å²) in [5.41, 5.74) is 5.53. The summed E-state index contributed by atoms with van der Waals surface area (Å²) in [6, 6.07) is 14.2. The zero-order valence-corrected chi connectivity index (χ0v) is 18.8. The van der Waals surface area contributed by atoms with Gasteiger partial charge in [-0.2, -0.15) is 0 Å². The van der Waals surface area contributed by atoms with E-state index >= 15 is 0 Å². The van der Waals surface area contributed by atoms with Crippen molar-refractivity contribution in [3.05, 3.63) is 59.2 Å². The molecular weight excluding hydrogens is 400 g/mol. The Morgan fingerprint density at radius 1 is 1.14 bits per heavy atom. The van der Waals surface area contributed by atoms with Crippen LogP contribution in [0.5, 0.6) is 0 Å². The fourth-order valence-corrected chi connectivity index (χ4v) is 4.41. The van der Waals surface area contributed by atoms with Crippen LogP contribution in [0.15, 0.2) is 46.8 Å². The standard InChI is InChI=1S/C22H26N4OS2/c1-5-14(2)18-8-6-7-9-19(18)24-20(27)13-28-22-26-25-21(29-22)23-17-11-10-15(3)16(4)12-17/h6-12,14H,5,13H2,1-4H3,(H,23,25)(H,24,27). The summed E-state index contributed by atoms with van der Waals surface area (Å²) in [6.45, 7) is 8.49. The summed E-state index contributed by atoms with van der Waals surface area (Å²) in [5.74, 6) is 0.665. The van der Waals surface area contributed by atoms with Gasteiger partial charge in [-0.05, 0) is 61.1 Å². The van der Waals surface area contributed by atoms with E-state index in [0.717, 1.165) is 27.3 Å². The number of anilines is 3. The molecule has 29 heavy (non-hydrogen) atoms. The fraction of sp³-hybridized carbons (Fsp3) is 0.318. The monoisotopic (exact) mass is 426 g/mol. The highest BCUT2D eigenvalue weighted by molar-refractivity contribution is 8.01. The van der Waals surface area contributed by atoms with E-state index in [4.69, 9.17) is 0 Å². The van der Waals surface area contributed by atoms with E-state index in [0.29, 0.717) is 11.7 Å². The number of amides is 1. The van der Waals surface area contributed by atoms with Crippen molar-refractivity contribution in [3.8, 4) is 0 Å². The molecule has 0 spiro atoms. The first-order valence-electron chi connectivity index (χ1n) is 9.65. The molecule has 1 aromatic heterocycles. The lowest BCUT2D eigenvalue weighted by atomic mass is 9.97. The molecule has 0 aliphatic carbocycles. The largest absolute Gasteiger partial charge is 0.330 e. The molecule has 0 saturated heterocycles. The summed E-state index contributed by atoms with van der Waals surface area (Å²) in [4.78, 5) is 12.4. The Bertz CT molecular complexity index is 986. The van der Waals surface area contributed by atoms with Crippen LogP contribution >= 0.6 is 23.1 Å². The minimum absolute atomic E-state index is 0.0374. The molecule has 0 aliphatic rings. The second-order valence-electron chi connectivity index (χ2n) is 7.03. The SMILES string of the molecule is CCC(C)c1ccccc1NC(=O)CSc1nnc(Nc2ccc(C)c(C)c2)s1. The first-order valence-corrected chi connectivity index (χ1v) is 11.5. The number of carbonyl (C=O) groups is 1. The van der Waals surface area contributed by atoms with Gasteiger partial charge in [-0.1, -0.05) is 61.2 Å². The lowest BCUT2D eigenvalue weighted by Crippen LogP contribution is -2.15. The number of nitrogens with one attached hydrogen (secondary N) is 2. The predicted octanol–water partition coefficient (Wildman–Crippen LogP) is 6.14. The number of aromatic nitrogens is 2. The highest BCUT2D eigenvalue weighted by atomic mass is 32.2. The van der Waals surface area contributed by atoms with Crippen LogP contribution in [0.3, 0.4) is 0 Å². The average Bonchev–Trinajstić information content (AvgIpc) is 3.16. The summed E-state index contributed by atoms with van der Waals surface area (Å²) in [6.07, 6.45) is 1.03. The fourth-order valence-electron chi connectivity index (χ4n) is 2.84. The van der Waals surface area contributed by atoms with E-state index in [2.05, 4.69) is 66.7 Å². The van der Waals surface area contributed by atoms with Crippen LogP contribution < -0.4 is 10.6 Å². The van der Waals surface area contributed by atoms with E-state index in [1.54, 1.807) is 0 Å². The molecule has 7 heteroatoms. The van der Waals surface area contributed by atoms with E-state index in [1.165, 1.54) is 39.8 Å². The molecule has 3 aromatic rings. The normalized spacial score (nSPS) is 11.9. The Balaban J connectivity index is 1.56. The van der Waals surface area contributed by atoms with Gasteiger partial charge in [0.15, 0.2) is 4.34 Å². The van der Waals surface area contributed by atoms with Crippen LogP contribution in [0, 0.1) is 13.8 Å². The number of rotatable bonds is 8. The second-order valence-corrected chi connectivity index (χ2v) is 9.23. The van der Waals surface area contributed by atoms with Gasteiger partial charge in [-0.25, -0.2) is 0 Å². The van der Waals surface area contributed by atoms with Crippen molar-refractivity contribution in [2.75, 3.05) is 16.4 Å². The Labute approximate surface area is 180 Å². The second kappa shape index (κ2) is 9.89. The maximum Gasteiger partial charge on any atom is 0.234 e. The van der Waals surface area contributed by atoms with Crippen LogP contribution in [0.4, 0.5) is 16.5 Å². The lowest BCUT2D eigenvalue weighted by molar-refractivity contribution is -0.113. The lowest BCUT2D eigenvalue weighted by Gasteiger charge is -2.15. The molecular formula is C22H26N4OS2. The third-order valence-electron chi connectivity index (χ3n) is 4.87. The van der Waals surface area contributed by atoms with Gasteiger partial charge in [0.2, 0.25) is 11.0 Å². The minimum atomic E-state index is -0.0374. The van der Waals surface area contributed by atoms with E-state index < -0.39 is 0 Å². The molecule has 2 aromatic carbocycles. The zero-order chi connectivity index (χ0) is 20.8. The van der Waals surface area contributed by atoms with Crippen molar-refractivity contribution in [2.45, 2.75) is 44.4 Å². The van der Waals surface area contributed by atoms with Crippen LogP contribution in [-0.2, 0) is 4.79 Å². The van der Waals surface area contributed by atoms with Gasteiger partial charge < -0.3 is 10.6 Å². The molecule has 5 nitrogen and oxygen atoms in total. The quantitative estimate of drug-likeness (QED) is 0.423. The van der Waals surface area contributed by atoms with Crippen molar-refractivity contribution in [2.24, 2.45) is 0 Å². The van der Waals surface area contributed by atoms with Crippen LogP contribution in [0.25, 0.3) is 0 Å². The summed E-state index contributed by atoms with van der Waals surface area (Å²) in [7, 11) is 0. The Morgan fingerprint density at radius 3 is 2.69 bits per heavy atom. The molecule has 152 valence electrons. The number of para-hydroxylation sites is 1. The summed E-state index contributed by atoms with van der Waals surface area (Å²) in [5, 5.41) is 15.4. The Morgan fingerprint density at radius 2 is 1.93 bits per heavy atom. The van der Waals surface area contributed by atoms with Crippen molar-refractivity contribution in [1.29, 1.82) is 0 Å². The highest BCUT2D eigenvalue weighted by Crippen LogP contribution is 2.29. The molecule has 0 radical (unpaired) electrons. The highest BCUT2D eigenvalue weighted by Gasteiger charge is 2.13. The smallest absolute Gasteiger partial charge is 0.234 e. The zero-order valence-electron chi connectivity index (χ0n) is 17.2. The molecule has 0 aliphatic heterocycles. The first-order chi connectivity index (χ1) is 14.0. The molecule has 0 fully saturated rings. The molecule has 2 N–H and O–H groups in total. The van der Waals surface area contributed by atoms with Crippen LogP contribution in [0.2, 0.25) is 0 Å². The predicted molar refractivity (Wildman–Crippen MR) is 124 cm³/mol. The van der Waals surface area contributed by atoms with Crippen molar-refractivity contribution < 1.29 is 4.79 Å². The third kappa shape index (κ3) is 5.81. The van der Waals surface area contributed by atoms with Gasteiger partial charge in [0.1, 0.15) is 0 Å². The van der Waals surface area contributed by atoms with E-state index in [9.17, 15) is 4.79 Å². The number of thioether (sulfide) groups is 1. The Hall–Kier alpha value is -2.38. The maximum atomic E-state index is 12.4. The molecule has 1 unspecified atom stereocenters. The van der Waals surface area contributed by atoms with Gasteiger partial charge in [0.05, 0.1) is 5.75 Å². The minimum Gasteiger partial charge on any atom is -0.330 e. The van der Waals surface area contributed by atoms with Crippen molar-refractivity contribution >= 4 is 45.5 Å². The van der Waals surface area contributed by atoms with Gasteiger partial charge in [-0.15, -0.1) is 10.2 Å². The molecule has 3 rings (SSSR count). The van der Waals surface area contributed by atoms with Gasteiger partial charge in [-0.3, -0.25) is 4.79 Å². The Kier molecular flexibility index (Phi) is 7.28. The van der Waals surface area contributed by atoms with Crippen molar-refractivity contribution in [1.82, 2.24) is 10.2 Å². The van der Waals surface area contributed by atoms with Gasteiger partial charge in [0, 0.05) is 11.4 Å². The number of carbonyl (C=O) groups excluding carboxylic acids is 1. The molecule has 1 heterocycles. The number of nitrogens with zero attached hydrogens (tertiary/aromatic N) is 2. The summed E-state index contributed by atoms with van der Waals surface area (Å²) >= 11 is 2.84. The van der Waals surface area contributed by atoms with E-state index in [1.807, 2.05) is 24.3 Å². The number of hydrogen-bond donors (Lipinski definition) is 2. The average molecular weight is 427 g/mol. The number of aryl methyl sites for hydroxylation is 2. The van der Waals surface area contributed by atoms with Crippen LogP contribution in [-0.4, -0.2) is 21.9 Å². The van der Waals surface area contributed by atoms with Gasteiger partial charge >= 0.3 is 0 Å².